The Labute approximate surface area is 122 Å². The zero-order valence-electron chi connectivity index (χ0n) is 11.4. The molecule has 0 aliphatic heterocycles. The minimum Gasteiger partial charge on any atom is -0.351 e. The number of para-hydroxylation sites is 1. The Morgan fingerprint density at radius 3 is 2.81 bits per heavy atom. The van der Waals surface area contributed by atoms with Gasteiger partial charge < -0.3 is 10.3 Å². The molecule has 21 heavy (non-hydrogen) atoms. The zero-order valence-corrected chi connectivity index (χ0v) is 11.4. The molecule has 0 radical (unpaired) electrons. The van der Waals surface area contributed by atoms with Crippen molar-refractivity contribution in [1.29, 1.82) is 5.26 Å². The molecule has 5 nitrogen and oxygen atoms in total. The number of fused-ring (bicyclic) bond motifs is 1. The van der Waals surface area contributed by atoms with Crippen molar-refractivity contribution in [3.05, 3.63) is 36.0 Å². The van der Waals surface area contributed by atoms with Crippen molar-refractivity contribution in [2.75, 3.05) is 0 Å². The van der Waals surface area contributed by atoms with Gasteiger partial charge in [0.05, 0.1) is 0 Å². The average molecular weight is 281 g/mol. The molecular formula is C16H15N3O2. The van der Waals surface area contributed by atoms with E-state index in [2.05, 4.69) is 10.3 Å². The monoisotopic (exact) mass is 281 g/mol. The van der Waals surface area contributed by atoms with E-state index in [0.29, 0.717) is 18.0 Å². The second kappa shape index (κ2) is 5.41. The van der Waals surface area contributed by atoms with Gasteiger partial charge in [-0.3, -0.25) is 9.59 Å². The number of nitrogens with zero attached hydrogens (tertiary/aromatic N) is 1. The lowest BCUT2D eigenvalue weighted by Crippen LogP contribution is -2.40. The fourth-order valence-corrected chi connectivity index (χ4v) is 2.43. The van der Waals surface area contributed by atoms with E-state index < -0.39 is 11.8 Å². The Hall–Kier alpha value is -2.61. The lowest BCUT2D eigenvalue weighted by atomic mass is 10.1. The number of hydrogen-bond acceptors (Lipinski definition) is 3. The van der Waals surface area contributed by atoms with Crippen LogP contribution in [0.3, 0.4) is 0 Å². The maximum Gasteiger partial charge on any atom is 0.268 e. The number of hydrogen-bond donors (Lipinski definition) is 2. The number of H-pyrrole nitrogens is 1. The van der Waals surface area contributed by atoms with E-state index in [4.69, 9.17) is 5.26 Å². The Kier molecular flexibility index (Phi) is 3.44. The Bertz CT molecular complexity index is 704. The lowest BCUT2D eigenvalue weighted by Gasteiger charge is -2.13. The second-order valence-corrected chi connectivity index (χ2v) is 5.45. The number of Topliss-reactive ketones (excluding diaryl/α,β-unsaturated/α-hetero) is 1. The third kappa shape index (κ3) is 2.95. The number of ketones is 1. The number of amides is 1. The first-order valence-corrected chi connectivity index (χ1v) is 7.00. The normalized spacial score (nSPS) is 15.4. The van der Waals surface area contributed by atoms with E-state index >= 15 is 0 Å². The van der Waals surface area contributed by atoms with Gasteiger partial charge in [-0.25, -0.2) is 0 Å². The van der Waals surface area contributed by atoms with Crippen LogP contribution in [0.15, 0.2) is 30.3 Å². The molecule has 2 aromatic rings. The van der Waals surface area contributed by atoms with Gasteiger partial charge >= 0.3 is 0 Å². The number of aromatic nitrogens is 1. The number of carbonyl (C=O) groups excluding carboxylic acids is 2. The molecule has 3 rings (SSSR count). The van der Waals surface area contributed by atoms with Crippen LogP contribution in [0, 0.1) is 17.2 Å². The molecule has 1 unspecified atom stereocenters. The van der Waals surface area contributed by atoms with Gasteiger partial charge in [0.1, 0.15) is 17.8 Å². The fraction of sp³-hybridized carbons (Fsp3) is 0.312. The molecule has 1 fully saturated rings. The summed E-state index contributed by atoms with van der Waals surface area (Å²) in [4.78, 5) is 26.9. The van der Waals surface area contributed by atoms with Crippen molar-refractivity contribution in [2.24, 2.45) is 5.92 Å². The van der Waals surface area contributed by atoms with E-state index in [1.54, 1.807) is 12.1 Å². The summed E-state index contributed by atoms with van der Waals surface area (Å²) < 4.78 is 0. The van der Waals surface area contributed by atoms with E-state index in [1.165, 1.54) is 0 Å². The van der Waals surface area contributed by atoms with Gasteiger partial charge in [-0.15, -0.1) is 0 Å². The summed E-state index contributed by atoms with van der Waals surface area (Å²) in [7, 11) is 0. The third-order valence-electron chi connectivity index (χ3n) is 3.77. The number of carbonyl (C=O) groups is 2. The van der Waals surface area contributed by atoms with Crippen LogP contribution in [0.1, 0.15) is 29.8 Å². The topological polar surface area (TPSA) is 85.8 Å². The minimum absolute atomic E-state index is 0.347. The molecule has 5 heteroatoms. The molecule has 1 aromatic heterocycles. The number of rotatable bonds is 5. The van der Waals surface area contributed by atoms with Crippen molar-refractivity contribution < 1.29 is 9.59 Å². The summed E-state index contributed by atoms with van der Waals surface area (Å²) in [6.07, 6.45) is 2.69. The quantitative estimate of drug-likeness (QED) is 0.823. The van der Waals surface area contributed by atoms with Crippen LogP contribution in [0.2, 0.25) is 0 Å². The average Bonchev–Trinajstić information content (AvgIpc) is 3.20. The Balaban J connectivity index is 1.76. The highest BCUT2D eigenvalue weighted by atomic mass is 16.2. The summed E-state index contributed by atoms with van der Waals surface area (Å²) in [6, 6.07) is 10.2. The van der Waals surface area contributed by atoms with Gasteiger partial charge in [-0.1, -0.05) is 31.0 Å². The second-order valence-electron chi connectivity index (χ2n) is 5.45. The molecule has 1 atom stereocenters. The highest BCUT2D eigenvalue weighted by molar-refractivity contribution is 6.03. The summed E-state index contributed by atoms with van der Waals surface area (Å²) in [6.45, 7) is 0. The fourth-order valence-electron chi connectivity index (χ4n) is 2.43. The van der Waals surface area contributed by atoms with E-state index in [0.717, 1.165) is 23.7 Å². The van der Waals surface area contributed by atoms with Crippen LogP contribution >= 0.6 is 0 Å². The third-order valence-corrected chi connectivity index (χ3v) is 3.77. The molecule has 1 aliphatic carbocycles. The van der Waals surface area contributed by atoms with Crippen molar-refractivity contribution in [3.63, 3.8) is 0 Å². The zero-order chi connectivity index (χ0) is 14.8. The summed E-state index contributed by atoms with van der Waals surface area (Å²) >= 11 is 0. The van der Waals surface area contributed by atoms with Gasteiger partial charge in [0.25, 0.3) is 11.7 Å². The van der Waals surface area contributed by atoms with Crippen LogP contribution < -0.4 is 5.32 Å². The van der Waals surface area contributed by atoms with Gasteiger partial charge in [0.15, 0.2) is 0 Å². The van der Waals surface area contributed by atoms with Crippen molar-refractivity contribution in [1.82, 2.24) is 10.3 Å². The van der Waals surface area contributed by atoms with E-state index in [1.807, 2.05) is 24.3 Å². The first kappa shape index (κ1) is 13.4. The predicted molar refractivity (Wildman–Crippen MR) is 77.5 cm³/mol. The van der Waals surface area contributed by atoms with Crippen LogP contribution in [0.25, 0.3) is 10.9 Å². The Morgan fingerprint density at radius 1 is 1.38 bits per heavy atom. The summed E-state index contributed by atoms with van der Waals surface area (Å²) in [5.74, 6) is -0.470. The molecule has 0 spiro atoms. The molecule has 0 bridgehead atoms. The maximum atomic E-state index is 12.2. The maximum absolute atomic E-state index is 12.2. The Morgan fingerprint density at radius 2 is 2.14 bits per heavy atom. The van der Waals surface area contributed by atoms with Crippen molar-refractivity contribution in [3.8, 4) is 6.07 Å². The highest BCUT2D eigenvalue weighted by Gasteiger charge is 2.30. The highest BCUT2D eigenvalue weighted by Crippen LogP contribution is 2.33. The molecule has 1 aliphatic rings. The predicted octanol–water partition coefficient (Wildman–Crippen LogP) is 2.16. The molecule has 2 N–H and O–H groups in total. The first-order valence-electron chi connectivity index (χ1n) is 7.00. The molecule has 1 amide bonds. The van der Waals surface area contributed by atoms with Gasteiger partial charge in [-0.05, 0) is 24.5 Å². The van der Waals surface area contributed by atoms with Crippen molar-refractivity contribution in [2.45, 2.75) is 25.3 Å². The van der Waals surface area contributed by atoms with E-state index in [-0.39, 0.29) is 5.91 Å². The molecule has 106 valence electrons. The molecule has 1 heterocycles. The largest absolute Gasteiger partial charge is 0.351 e. The number of aromatic amines is 1. The van der Waals surface area contributed by atoms with Crippen LogP contribution in [0.4, 0.5) is 0 Å². The molecular weight excluding hydrogens is 266 g/mol. The van der Waals surface area contributed by atoms with Gasteiger partial charge in [0.2, 0.25) is 0 Å². The molecule has 0 saturated heterocycles. The smallest absolute Gasteiger partial charge is 0.268 e. The van der Waals surface area contributed by atoms with Gasteiger partial charge in [-0.2, -0.15) is 5.26 Å². The lowest BCUT2D eigenvalue weighted by molar-refractivity contribution is -0.115. The SMILES string of the molecule is N#CC(=O)C(CC1CC1)NC(=O)c1cc2ccccc2[nH]1. The van der Waals surface area contributed by atoms with Crippen molar-refractivity contribution >= 4 is 22.6 Å². The van der Waals surface area contributed by atoms with Crippen LogP contribution in [-0.4, -0.2) is 22.7 Å². The molecule has 1 saturated carbocycles. The number of nitrogens with one attached hydrogen (secondary N) is 2. The van der Waals surface area contributed by atoms with Crippen LogP contribution in [0.5, 0.6) is 0 Å². The summed E-state index contributed by atoms with van der Waals surface area (Å²) in [5, 5.41) is 12.4. The minimum atomic E-state index is -0.707. The van der Waals surface area contributed by atoms with Crippen LogP contribution in [-0.2, 0) is 4.79 Å². The first-order chi connectivity index (χ1) is 10.2. The standard InChI is InChI=1S/C16H15N3O2/c17-9-15(20)13(7-10-5-6-10)19-16(21)14-8-11-3-1-2-4-12(11)18-14/h1-4,8,10,13,18H,5-7H2,(H,19,21). The number of nitriles is 1. The van der Waals surface area contributed by atoms with Gasteiger partial charge in [0, 0.05) is 10.9 Å². The van der Waals surface area contributed by atoms with E-state index in [9.17, 15) is 9.59 Å². The summed E-state index contributed by atoms with van der Waals surface area (Å²) in [5.41, 5.74) is 1.27. The number of benzene rings is 1. The molecule has 1 aromatic carbocycles.